The molecule has 1 atom stereocenters. The topological polar surface area (TPSA) is 93.0 Å². The number of carbonyl (C=O) groups excluding carboxylic acids is 2. The number of non-ortho nitro benzene ring substituents is 1. The summed E-state index contributed by atoms with van der Waals surface area (Å²) in [7, 11) is 0. The molecule has 3 aromatic carbocycles. The Labute approximate surface area is 184 Å². The van der Waals surface area contributed by atoms with Crippen LogP contribution in [-0.4, -0.2) is 40.8 Å². The predicted octanol–water partition coefficient (Wildman–Crippen LogP) is 4.26. The van der Waals surface area contributed by atoms with E-state index in [1.54, 1.807) is 24.0 Å². The highest BCUT2D eigenvalue weighted by atomic mass is 16.6. The van der Waals surface area contributed by atoms with E-state index in [1.165, 1.54) is 29.2 Å². The first-order valence-electron chi connectivity index (χ1n) is 10.1. The molecule has 1 fully saturated rings. The van der Waals surface area contributed by atoms with E-state index in [0.29, 0.717) is 24.4 Å². The fourth-order valence-electron chi connectivity index (χ4n) is 3.61. The molecular formula is C24H21N3O5. The number of piperazine rings is 1. The molecule has 8 nitrogen and oxygen atoms in total. The van der Waals surface area contributed by atoms with Gasteiger partial charge in [-0.2, -0.15) is 0 Å². The predicted molar refractivity (Wildman–Crippen MR) is 119 cm³/mol. The fraction of sp³-hybridized carbons (Fsp3) is 0.167. The monoisotopic (exact) mass is 431 g/mol. The first-order valence-corrected chi connectivity index (χ1v) is 10.1. The molecule has 162 valence electrons. The summed E-state index contributed by atoms with van der Waals surface area (Å²) in [6.45, 7) is 2.39. The molecule has 0 spiro atoms. The number of nitro groups is 1. The van der Waals surface area contributed by atoms with E-state index in [2.05, 4.69) is 0 Å². The largest absolute Gasteiger partial charge is 0.457 e. The van der Waals surface area contributed by atoms with Crippen molar-refractivity contribution in [2.45, 2.75) is 13.0 Å². The third kappa shape index (κ3) is 4.29. The lowest BCUT2D eigenvalue weighted by Crippen LogP contribution is -2.57. The maximum atomic E-state index is 13.0. The summed E-state index contributed by atoms with van der Waals surface area (Å²) < 4.78 is 5.79. The number of hydrogen-bond donors (Lipinski definition) is 0. The van der Waals surface area contributed by atoms with Crippen molar-refractivity contribution in [1.29, 1.82) is 0 Å². The quantitative estimate of drug-likeness (QED) is 0.444. The second-order valence-electron chi connectivity index (χ2n) is 7.38. The number of benzene rings is 3. The highest BCUT2D eigenvalue weighted by molar-refractivity contribution is 6.03. The average Bonchev–Trinajstić information content (AvgIpc) is 2.82. The maximum Gasteiger partial charge on any atom is 0.269 e. The first kappa shape index (κ1) is 21.0. The summed E-state index contributed by atoms with van der Waals surface area (Å²) in [6, 6.07) is 21.4. The average molecular weight is 431 g/mol. The molecule has 0 unspecified atom stereocenters. The van der Waals surface area contributed by atoms with Gasteiger partial charge in [0.05, 0.1) is 4.92 Å². The lowest BCUT2D eigenvalue weighted by molar-refractivity contribution is -0.384. The Kier molecular flexibility index (Phi) is 5.85. The first-order chi connectivity index (χ1) is 15.4. The molecule has 0 aromatic heterocycles. The van der Waals surface area contributed by atoms with Crippen molar-refractivity contribution in [1.82, 2.24) is 4.90 Å². The summed E-state index contributed by atoms with van der Waals surface area (Å²) in [4.78, 5) is 39.3. The smallest absolute Gasteiger partial charge is 0.269 e. The van der Waals surface area contributed by atoms with Crippen LogP contribution in [0.5, 0.6) is 11.5 Å². The van der Waals surface area contributed by atoms with Gasteiger partial charge in [-0.1, -0.05) is 18.2 Å². The summed E-state index contributed by atoms with van der Waals surface area (Å²) in [6.07, 6.45) is 0. The van der Waals surface area contributed by atoms with Crippen molar-refractivity contribution in [3.63, 3.8) is 0 Å². The van der Waals surface area contributed by atoms with Gasteiger partial charge in [0.25, 0.3) is 11.6 Å². The van der Waals surface area contributed by atoms with Gasteiger partial charge in [0.1, 0.15) is 17.5 Å². The molecule has 0 radical (unpaired) electrons. The van der Waals surface area contributed by atoms with Gasteiger partial charge in [-0.15, -0.1) is 0 Å². The number of nitro benzene ring substituents is 1. The molecule has 3 aromatic rings. The van der Waals surface area contributed by atoms with Gasteiger partial charge in [0.2, 0.25) is 5.91 Å². The van der Waals surface area contributed by atoms with Crippen molar-refractivity contribution in [2.24, 2.45) is 0 Å². The molecule has 0 N–H and O–H groups in total. The fourth-order valence-corrected chi connectivity index (χ4v) is 3.61. The highest BCUT2D eigenvalue weighted by Gasteiger charge is 2.35. The van der Waals surface area contributed by atoms with Crippen LogP contribution < -0.4 is 9.64 Å². The number of rotatable bonds is 5. The van der Waals surface area contributed by atoms with Crippen molar-refractivity contribution < 1.29 is 19.2 Å². The third-order valence-electron chi connectivity index (χ3n) is 5.37. The molecule has 0 bridgehead atoms. The normalized spacial score (nSPS) is 16.0. The molecule has 2 amide bonds. The van der Waals surface area contributed by atoms with E-state index in [4.69, 9.17) is 4.74 Å². The number of hydrogen-bond acceptors (Lipinski definition) is 5. The van der Waals surface area contributed by atoms with Gasteiger partial charge in [-0.3, -0.25) is 19.7 Å². The van der Waals surface area contributed by atoms with Gasteiger partial charge < -0.3 is 14.5 Å². The minimum absolute atomic E-state index is 0.0878. The van der Waals surface area contributed by atoms with Crippen LogP contribution >= 0.6 is 0 Å². The molecule has 1 heterocycles. The van der Waals surface area contributed by atoms with E-state index in [0.717, 1.165) is 11.4 Å². The lowest BCUT2D eigenvalue weighted by Gasteiger charge is -2.39. The second-order valence-corrected chi connectivity index (χ2v) is 7.38. The van der Waals surface area contributed by atoms with Gasteiger partial charge in [-0.25, -0.2) is 0 Å². The van der Waals surface area contributed by atoms with E-state index < -0.39 is 11.0 Å². The number of nitrogens with zero attached hydrogens (tertiary/aromatic N) is 3. The van der Waals surface area contributed by atoms with Crippen LogP contribution in [0.3, 0.4) is 0 Å². The van der Waals surface area contributed by atoms with Crippen LogP contribution in [-0.2, 0) is 4.79 Å². The summed E-state index contributed by atoms with van der Waals surface area (Å²) >= 11 is 0. The lowest BCUT2D eigenvalue weighted by atomic mass is 10.1. The van der Waals surface area contributed by atoms with Crippen molar-refractivity contribution >= 4 is 23.2 Å². The molecule has 32 heavy (non-hydrogen) atoms. The Balaban J connectivity index is 1.44. The molecular weight excluding hydrogens is 410 g/mol. The Morgan fingerprint density at radius 1 is 0.938 bits per heavy atom. The number of amides is 2. The Hall–Kier alpha value is -4.20. The Morgan fingerprint density at radius 2 is 1.56 bits per heavy atom. The van der Waals surface area contributed by atoms with Crippen molar-refractivity contribution in [2.75, 3.05) is 18.0 Å². The number of anilines is 1. The number of carbonyl (C=O) groups is 2. The number of para-hydroxylation sites is 1. The molecule has 4 rings (SSSR count). The third-order valence-corrected chi connectivity index (χ3v) is 5.37. The number of ether oxygens (including phenoxy) is 1. The van der Waals surface area contributed by atoms with Crippen LogP contribution in [0.15, 0.2) is 78.9 Å². The van der Waals surface area contributed by atoms with Gasteiger partial charge >= 0.3 is 0 Å². The molecule has 1 aliphatic heterocycles. The zero-order chi connectivity index (χ0) is 22.7. The molecule has 8 heteroatoms. The zero-order valence-electron chi connectivity index (χ0n) is 17.4. The van der Waals surface area contributed by atoms with Gasteiger partial charge in [0.15, 0.2) is 0 Å². The van der Waals surface area contributed by atoms with Crippen LogP contribution in [0, 0.1) is 10.1 Å². The van der Waals surface area contributed by atoms with Crippen LogP contribution in [0.25, 0.3) is 0 Å². The van der Waals surface area contributed by atoms with E-state index in [1.807, 2.05) is 42.5 Å². The minimum Gasteiger partial charge on any atom is -0.457 e. The van der Waals surface area contributed by atoms with Crippen LogP contribution in [0.4, 0.5) is 11.4 Å². The van der Waals surface area contributed by atoms with Crippen LogP contribution in [0.2, 0.25) is 0 Å². The van der Waals surface area contributed by atoms with E-state index in [9.17, 15) is 19.7 Å². The molecule has 1 saturated heterocycles. The minimum atomic E-state index is -0.660. The van der Waals surface area contributed by atoms with E-state index >= 15 is 0 Å². The maximum absolute atomic E-state index is 13.0. The Bertz CT molecular complexity index is 1130. The van der Waals surface area contributed by atoms with Crippen LogP contribution in [0.1, 0.15) is 17.3 Å². The standard InChI is InChI=1S/C24H21N3O5/c1-17-23(28)26(19-11-13-22(14-12-19)32-21-5-3-2-4-6-21)16-15-25(17)24(29)18-7-9-20(10-8-18)27(30)31/h2-14,17H,15-16H2,1H3/t17-/m1/s1. The van der Waals surface area contributed by atoms with Crippen molar-refractivity contribution in [3.8, 4) is 11.5 Å². The molecule has 0 aliphatic carbocycles. The second kappa shape index (κ2) is 8.89. The highest BCUT2D eigenvalue weighted by Crippen LogP contribution is 2.27. The van der Waals surface area contributed by atoms with Gasteiger partial charge in [-0.05, 0) is 55.5 Å². The Morgan fingerprint density at radius 3 is 2.19 bits per heavy atom. The molecule has 1 aliphatic rings. The van der Waals surface area contributed by atoms with Crippen molar-refractivity contribution in [3.05, 3.63) is 94.5 Å². The molecule has 0 saturated carbocycles. The summed E-state index contributed by atoms with van der Waals surface area (Å²) in [5.74, 6) is 0.867. The summed E-state index contributed by atoms with van der Waals surface area (Å²) in [5, 5.41) is 10.8. The SMILES string of the molecule is C[C@@H]1C(=O)N(c2ccc(Oc3ccccc3)cc2)CCN1C(=O)c1ccc([N+](=O)[O-])cc1. The van der Waals surface area contributed by atoms with E-state index in [-0.39, 0.29) is 17.5 Å². The zero-order valence-corrected chi connectivity index (χ0v) is 17.4. The van der Waals surface area contributed by atoms with Gasteiger partial charge in [0, 0.05) is 36.5 Å². The summed E-state index contributed by atoms with van der Waals surface area (Å²) in [5.41, 5.74) is 0.950.